The van der Waals surface area contributed by atoms with Crippen molar-refractivity contribution in [1.29, 1.82) is 0 Å². The van der Waals surface area contributed by atoms with Crippen LogP contribution in [0.2, 0.25) is 0 Å². The molecule has 3 saturated heterocycles. The number of rotatable bonds is 0. The second-order valence-corrected chi connectivity index (χ2v) is 5.47. The zero-order valence-electron chi connectivity index (χ0n) is 11.6. The van der Waals surface area contributed by atoms with Crippen molar-refractivity contribution < 1.29 is 18.7 Å². The van der Waals surface area contributed by atoms with Gasteiger partial charge in [-0.25, -0.2) is 0 Å². The van der Waals surface area contributed by atoms with Crippen LogP contribution in [0.1, 0.15) is 0 Å². The smallest absolute Gasteiger partial charge is 0.102 e. The molecule has 0 aliphatic carbocycles. The summed E-state index contributed by atoms with van der Waals surface area (Å²) in [4.78, 5) is 2.37. The minimum atomic E-state index is 0.819. The van der Waals surface area contributed by atoms with Gasteiger partial charge < -0.3 is 18.7 Å². The van der Waals surface area contributed by atoms with Crippen LogP contribution in [0.5, 0.6) is 0 Å². The fraction of sp³-hybridized carbons (Fsp3) is 1.00. The van der Waals surface area contributed by atoms with Crippen molar-refractivity contribution in [3.63, 3.8) is 0 Å². The molecule has 3 heterocycles. The highest BCUT2D eigenvalue weighted by molar-refractivity contribution is 4.58. The zero-order chi connectivity index (χ0) is 12.7. The molecule has 0 radical (unpaired) electrons. The molecule has 0 N–H and O–H groups in total. The molecule has 0 aromatic rings. The predicted octanol–water partition coefficient (Wildman–Crippen LogP) is -0.188. The molecule has 3 fully saturated rings. The molecule has 0 unspecified atom stereocenters. The molecule has 2 bridgehead atoms. The Morgan fingerprint density at radius 3 is 1.44 bits per heavy atom. The Bertz CT molecular complexity index is 202. The summed E-state index contributed by atoms with van der Waals surface area (Å²) in [5.41, 5.74) is 0. The van der Waals surface area contributed by atoms with Crippen LogP contribution < -0.4 is 0 Å². The van der Waals surface area contributed by atoms with E-state index in [2.05, 4.69) is 11.9 Å². The molecule has 0 atom stereocenters. The summed E-state index contributed by atoms with van der Waals surface area (Å²) in [5.74, 6) is 0. The Morgan fingerprint density at radius 2 is 1.06 bits per heavy atom. The Labute approximate surface area is 110 Å². The average molecular weight is 259 g/mol. The Kier molecular flexibility index (Phi) is 5.85. The van der Waals surface area contributed by atoms with E-state index in [9.17, 15) is 0 Å². The Hall–Kier alpha value is -0.200. The SMILES string of the molecule is C[N+]12CCOCCN(CCOCC1)CCOCC2. The Morgan fingerprint density at radius 1 is 0.667 bits per heavy atom. The van der Waals surface area contributed by atoms with Gasteiger partial charge >= 0.3 is 0 Å². The lowest BCUT2D eigenvalue weighted by atomic mass is 10.3. The van der Waals surface area contributed by atoms with E-state index in [4.69, 9.17) is 14.2 Å². The molecule has 0 spiro atoms. The van der Waals surface area contributed by atoms with Crippen molar-refractivity contribution in [1.82, 2.24) is 4.90 Å². The highest BCUT2D eigenvalue weighted by Gasteiger charge is 2.22. The van der Waals surface area contributed by atoms with E-state index in [1.54, 1.807) is 0 Å². The van der Waals surface area contributed by atoms with Crippen LogP contribution in [0.3, 0.4) is 0 Å². The maximum Gasteiger partial charge on any atom is 0.102 e. The summed E-state index contributed by atoms with van der Waals surface area (Å²) in [5, 5.41) is 0. The van der Waals surface area contributed by atoms with Gasteiger partial charge in [0.05, 0.1) is 46.7 Å². The summed E-state index contributed by atoms with van der Waals surface area (Å²) in [7, 11) is 2.28. The summed E-state index contributed by atoms with van der Waals surface area (Å²) < 4.78 is 18.3. The summed E-state index contributed by atoms with van der Waals surface area (Å²) in [6, 6.07) is 0. The van der Waals surface area contributed by atoms with Gasteiger partial charge in [-0.05, 0) is 0 Å². The first kappa shape index (κ1) is 14.2. The van der Waals surface area contributed by atoms with Crippen LogP contribution in [0.15, 0.2) is 0 Å². The standard InChI is InChI=1S/C13H27N2O3/c1-15-5-11-16-8-2-14(3-9-17-12-6-15)4-10-18-13-7-15/h2-13H2,1H3/q+1. The van der Waals surface area contributed by atoms with E-state index in [-0.39, 0.29) is 0 Å². The van der Waals surface area contributed by atoms with Crippen LogP contribution in [-0.4, -0.2) is 95.3 Å². The van der Waals surface area contributed by atoms with Crippen molar-refractivity contribution in [2.75, 3.05) is 86.0 Å². The van der Waals surface area contributed by atoms with E-state index in [1.807, 2.05) is 0 Å². The van der Waals surface area contributed by atoms with Crippen LogP contribution in [0.4, 0.5) is 0 Å². The molecule has 3 aliphatic heterocycles. The molecule has 5 nitrogen and oxygen atoms in total. The lowest BCUT2D eigenvalue weighted by Crippen LogP contribution is -2.51. The van der Waals surface area contributed by atoms with E-state index in [0.717, 1.165) is 83.4 Å². The van der Waals surface area contributed by atoms with Gasteiger partial charge in [0.15, 0.2) is 0 Å². The lowest BCUT2D eigenvalue weighted by Gasteiger charge is -2.35. The topological polar surface area (TPSA) is 30.9 Å². The van der Waals surface area contributed by atoms with Crippen molar-refractivity contribution in [2.24, 2.45) is 0 Å². The van der Waals surface area contributed by atoms with Crippen molar-refractivity contribution in [3.05, 3.63) is 0 Å². The van der Waals surface area contributed by atoms with E-state index in [1.165, 1.54) is 0 Å². The highest BCUT2D eigenvalue weighted by atomic mass is 16.5. The molecule has 3 aliphatic rings. The number of fused-ring (bicyclic) bond motifs is 12. The van der Waals surface area contributed by atoms with Crippen molar-refractivity contribution >= 4 is 0 Å². The molecular weight excluding hydrogens is 232 g/mol. The van der Waals surface area contributed by atoms with Gasteiger partial charge in [0.1, 0.15) is 19.6 Å². The number of ether oxygens (including phenoxy) is 3. The maximum atomic E-state index is 5.77. The fourth-order valence-electron chi connectivity index (χ4n) is 2.41. The van der Waals surface area contributed by atoms with E-state index in [0.29, 0.717) is 0 Å². The first-order valence-electron chi connectivity index (χ1n) is 7.08. The lowest BCUT2D eigenvalue weighted by molar-refractivity contribution is -0.910. The minimum Gasteiger partial charge on any atom is -0.374 e. The van der Waals surface area contributed by atoms with Gasteiger partial charge in [0.2, 0.25) is 0 Å². The number of hydrogen-bond acceptors (Lipinski definition) is 4. The molecule has 5 heteroatoms. The summed E-state index contributed by atoms with van der Waals surface area (Å²) in [6.07, 6.45) is 0. The van der Waals surface area contributed by atoms with Gasteiger partial charge in [-0.1, -0.05) is 0 Å². The number of nitrogens with zero attached hydrogens (tertiary/aromatic N) is 2. The average Bonchev–Trinajstić information content (AvgIpc) is 2.32. The zero-order valence-corrected chi connectivity index (χ0v) is 11.6. The molecule has 0 aromatic heterocycles. The number of hydrogen-bond donors (Lipinski definition) is 0. The quantitative estimate of drug-likeness (QED) is 0.564. The highest BCUT2D eigenvalue weighted by Crippen LogP contribution is 2.05. The van der Waals surface area contributed by atoms with Gasteiger partial charge in [-0.2, -0.15) is 0 Å². The second-order valence-electron chi connectivity index (χ2n) is 5.47. The summed E-state index contributed by atoms with van der Waals surface area (Å²) >= 11 is 0. The van der Waals surface area contributed by atoms with Gasteiger partial charge in [-0.15, -0.1) is 0 Å². The third kappa shape index (κ3) is 4.82. The normalized spacial score (nSPS) is 36.8. The van der Waals surface area contributed by atoms with Gasteiger partial charge in [0, 0.05) is 19.6 Å². The Balaban J connectivity index is 1.99. The first-order chi connectivity index (χ1) is 8.79. The molecule has 106 valence electrons. The molecule has 0 amide bonds. The van der Waals surface area contributed by atoms with Crippen molar-refractivity contribution in [2.45, 2.75) is 0 Å². The monoisotopic (exact) mass is 259 g/mol. The minimum absolute atomic E-state index is 0.819. The molecule has 3 rings (SSSR count). The van der Waals surface area contributed by atoms with Crippen molar-refractivity contribution in [3.8, 4) is 0 Å². The van der Waals surface area contributed by atoms with Gasteiger partial charge in [-0.3, -0.25) is 4.90 Å². The second kappa shape index (κ2) is 7.40. The number of likely N-dealkylation sites (N-methyl/N-ethyl adjacent to an activating group) is 1. The molecule has 18 heavy (non-hydrogen) atoms. The third-order valence-electron chi connectivity index (χ3n) is 3.98. The molecule has 0 saturated carbocycles. The predicted molar refractivity (Wildman–Crippen MR) is 69.7 cm³/mol. The first-order valence-corrected chi connectivity index (χ1v) is 7.08. The van der Waals surface area contributed by atoms with Crippen LogP contribution >= 0.6 is 0 Å². The fourth-order valence-corrected chi connectivity index (χ4v) is 2.41. The molecule has 0 aromatic carbocycles. The van der Waals surface area contributed by atoms with E-state index >= 15 is 0 Å². The molecular formula is C13H27N2O3+. The third-order valence-corrected chi connectivity index (χ3v) is 3.98. The van der Waals surface area contributed by atoms with E-state index < -0.39 is 0 Å². The van der Waals surface area contributed by atoms with Crippen LogP contribution in [0, 0.1) is 0 Å². The van der Waals surface area contributed by atoms with Gasteiger partial charge in [0.25, 0.3) is 0 Å². The largest absolute Gasteiger partial charge is 0.374 e. The maximum absolute atomic E-state index is 5.77. The van der Waals surface area contributed by atoms with Crippen LogP contribution in [-0.2, 0) is 14.2 Å². The summed E-state index contributed by atoms with van der Waals surface area (Å²) in [6.45, 7) is 11.1. The number of quaternary nitrogens is 1. The van der Waals surface area contributed by atoms with Crippen LogP contribution in [0.25, 0.3) is 0 Å².